The third-order valence-electron chi connectivity index (χ3n) is 2.75. The van der Waals surface area contributed by atoms with Gasteiger partial charge in [0.2, 0.25) is 0 Å². The number of aryl methyl sites for hydroxylation is 1. The molecular formula is C14H15NO4S. The molecule has 0 atom stereocenters. The summed E-state index contributed by atoms with van der Waals surface area (Å²) in [5.41, 5.74) is 0.911. The van der Waals surface area contributed by atoms with E-state index in [1.165, 1.54) is 25.3 Å². The zero-order valence-electron chi connectivity index (χ0n) is 11.1. The smallest absolute Gasteiger partial charge is 0.262 e. The number of hydrogen-bond donors (Lipinski definition) is 2. The highest BCUT2D eigenvalue weighted by molar-refractivity contribution is 7.92. The van der Waals surface area contributed by atoms with Gasteiger partial charge >= 0.3 is 0 Å². The standard InChI is InChI=1S/C14H15NO4S/c1-10-4-3-5-12(8-10)20(17,18)15-13-9-11(19-2)6-7-14(13)16/h3-9,15-16H,1-2H3. The molecule has 0 radical (unpaired) electrons. The predicted molar refractivity (Wildman–Crippen MR) is 76.6 cm³/mol. The molecule has 0 aromatic heterocycles. The Morgan fingerprint density at radius 2 is 1.90 bits per heavy atom. The van der Waals surface area contributed by atoms with Crippen molar-refractivity contribution in [2.24, 2.45) is 0 Å². The SMILES string of the molecule is COc1ccc(O)c(NS(=O)(=O)c2cccc(C)c2)c1. The van der Waals surface area contributed by atoms with E-state index < -0.39 is 10.0 Å². The molecule has 0 amide bonds. The third kappa shape index (κ3) is 3.03. The largest absolute Gasteiger partial charge is 0.506 e. The summed E-state index contributed by atoms with van der Waals surface area (Å²) in [4.78, 5) is 0.139. The Kier molecular flexibility index (Phi) is 3.85. The Morgan fingerprint density at radius 3 is 2.55 bits per heavy atom. The van der Waals surface area contributed by atoms with E-state index in [1.54, 1.807) is 18.2 Å². The van der Waals surface area contributed by atoms with E-state index in [0.717, 1.165) is 5.56 Å². The van der Waals surface area contributed by atoms with Crippen molar-refractivity contribution >= 4 is 15.7 Å². The highest BCUT2D eigenvalue weighted by atomic mass is 32.2. The summed E-state index contributed by atoms with van der Waals surface area (Å²) < 4.78 is 31.8. The zero-order chi connectivity index (χ0) is 14.8. The van der Waals surface area contributed by atoms with Crippen LogP contribution in [0.5, 0.6) is 11.5 Å². The maximum Gasteiger partial charge on any atom is 0.262 e. The van der Waals surface area contributed by atoms with Crippen molar-refractivity contribution < 1.29 is 18.3 Å². The van der Waals surface area contributed by atoms with Crippen LogP contribution in [0.4, 0.5) is 5.69 Å². The lowest BCUT2D eigenvalue weighted by Crippen LogP contribution is -2.13. The van der Waals surface area contributed by atoms with Crippen LogP contribution in [0.3, 0.4) is 0 Å². The minimum Gasteiger partial charge on any atom is -0.506 e. The molecule has 2 N–H and O–H groups in total. The van der Waals surface area contributed by atoms with Gasteiger partial charge in [0.15, 0.2) is 0 Å². The fourth-order valence-corrected chi connectivity index (χ4v) is 2.88. The van der Waals surface area contributed by atoms with Crippen molar-refractivity contribution in [2.45, 2.75) is 11.8 Å². The Morgan fingerprint density at radius 1 is 1.15 bits per heavy atom. The van der Waals surface area contributed by atoms with Crippen LogP contribution < -0.4 is 9.46 Å². The lowest BCUT2D eigenvalue weighted by molar-refractivity contribution is 0.413. The topological polar surface area (TPSA) is 75.6 Å². The van der Waals surface area contributed by atoms with Crippen molar-refractivity contribution in [2.75, 3.05) is 11.8 Å². The molecule has 2 aromatic rings. The maximum atomic E-state index is 12.2. The number of hydrogen-bond acceptors (Lipinski definition) is 4. The third-order valence-corrected chi connectivity index (χ3v) is 4.11. The molecule has 20 heavy (non-hydrogen) atoms. The van der Waals surface area contributed by atoms with Crippen molar-refractivity contribution in [1.82, 2.24) is 0 Å². The summed E-state index contributed by atoms with van der Waals surface area (Å²) in [5.74, 6) is 0.284. The minimum atomic E-state index is -3.75. The van der Waals surface area contributed by atoms with E-state index in [2.05, 4.69) is 4.72 Å². The van der Waals surface area contributed by atoms with E-state index in [9.17, 15) is 13.5 Å². The molecule has 0 bridgehead atoms. The van der Waals surface area contributed by atoms with Crippen LogP contribution in [0.25, 0.3) is 0 Å². The molecule has 0 aliphatic heterocycles. The van der Waals surface area contributed by atoms with E-state index in [-0.39, 0.29) is 16.3 Å². The van der Waals surface area contributed by atoms with Crippen LogP contribution in [0.15, 0.2) is 47.4 Å². The summed E-state index contributed by atoms with van der Waals surface area (Å²) in [6, 6.07) is 10.8. The quantitative estimate of drug-likeness (QED) is 0.849. The average Bonchev–Trinajstić information content (AvgIpc) is 2.41. The van der Waals surface area contributed by atoms with Gasteiger partial charge in [-0.25, -0.2) is 8.42 Å². The minimum absolute atomic E-state index is 0.0749. The fraction of sp³-hybridized carbons (Fsp3) is 0.143. The van der Waals surface area contributed by atoms with E-state index in [4.69, 9.17) is 4.74 Å². The highest BCUT2D eigenvalue weighted by Gasteiger charge is 2.16. The molecule has 0 aliphatic carbocycles. The molecule has 106 valence electrons. The molecular weight excluding hydrogens is 278 g/mol. The molecule has 0 unspecified atom stereocenters. The van der Waals surface area contributed by atoms with Crippen LogP contribution in [0.2, 0.25) is 0 Å². The number of phenolic OH excluding ortho intramolecular Hbond substituents is 1. The van der Waals surface area contributed by atoms with Crippen LogP contribution in [-0.2, 0) is 10.0 Å². The number of aromatic hydroxyl groups is 1. The first-order valence-electron chi connectivity index (χ1n) is 5.89. The van der Waals surface area contributed by atoms with Crippen molar-refractivity contribution in [3.63, 3.8) is 0 Å². The first-order valence-corrected chi connectivity index (χ1v) is 7.37. The first kappa shape index (κ1) is 14.2. The Labute approximate surface area is 117 Å². The molecule has 6 heteroatoms. The van der Waals surface area contributed by atoms with Crippen molar-refractivity contribution in [3.05, 3.63) is 48.0 Å². The number of ether oxygens (including phenoxy) is 1. The predicted octanol–water partition coefficient (Wildman–Crippen LogP) is 2.51. The Hall–Kier alpha value is -2.21. The Bertz CT molecular complexity index is 726. The number of anilines is 1. The van der Waals surface area contributed by atoms with Gasteiger partial charge in [-0.3, -0.25) is 4.72 Å². The summed E-state index contributed by atoms with van der Waals surface area (Å²) in [5, 5.41) is 9.71. The molecule has 0 fully saturated rings. The van der Waals surface area contributed by atoms with Crippen LogP contribution in [0.1, 0.15) is 5.56 Å². The second kappa shape index (κ2) is 5.42. The van der Waals surface area contributed by atoms with Crippen LogP contribution >= 0.6 is 0 Å². The zero-order valence-corrected chi connectivity index (χ0v) is 11.9. The average molecular weight is 293 g/mol. The summed E-state index contributed by atoms with van der Waals surface area (Å²) >= 11 is 0. The number of nitrogens with one attached hydrogen (secondary N) is 1. The van der Waals surface area contributed by atoms with E-state index >= 15 is 0 Å². The van der Waals surface area contributed by atoms with Crippen LogP contribution in [-0.4, -0.2) is 20.6 Å². The molecule has 2 rings (SSSR count). The van der Waals surface area contributed by atoms with Gasteiger partial charge in [0.1, 0.15) is 11.5 Å². The molecule has 0 saturated carbocycles. The normalized spacial score (nSPS) is 11.1. The van der Waals surface area contributed by atoms with Crippen molar-refractivity contribution in [3.8, 4) is 11.5 Å². The van der Waals surface area contributed by atoms with Gasteiger partial charge in [-0.05, 0) is 36.8 Å². The lowest BCUT2D eigenvalue weighted by atomic mass is 10.2. The van der Waals surface area contributed by atoms with E-state index in [0.29, 0.717) is 5.75 Å². The van der Waals surface area contributed by atoms with Gasteiger partial charge in [-0.2, -0.15) is 0 Å². The summed E-state index contributed by atoms with van der Waals surface area (Å²) in [6.07, 6.45) is 0. The van der Waals surface area contributed by atoms with Gasteiger partial charge in [-0.1, -0.05) is 12.1 Å². The highest BCUT2D eigenvalue weighted by Crippen LogP contribution is 2.29. The Balaban J connectivity index is 2.38. The van der Waals surface area contributed by atoms with Gasteiger partial charge in [-0.15, -0.1) is 0 Å². The molecule has 2 aromatic carbocycles. The fourth-order valence-electron chi connectivity index (χ4n) is 1.71. The van der Waals surface area contributed by atoms with Gasteiger partial charge < -0.3 is 9.84 Å². The number of phenols is 1. The number of sulfonamides is 1. The van der Waals surface area contributed by atoms with Gasteiger partial charge in [0.05, 0.1) is 17.7 Å². The van der Waals surface area contributed by atoms with Gasteiger partial charge in [0.25, 0.3) is 10.0 Å². The molecule has 0 heterocycles. The second-order valence-electron chi connectivity index (χ2n) is 4.31. The maximum absolute atomic E-state index is 12.2. The molecule has 0 spiro atoms. The monoisotopic (exact) mass is 293 g/mol. The molecule has 0 saturated heterocycles. The number of rotatable bonds is 4. The second-order valence-corrected chi connectivity index (χ2v) is 5.99. The molecule has 5 nitrogen and oxygen atoms in total. The van der Waals surface area contributed by atoms with E-state index in [1.807, 2.05) is 13.0 Å². The summed E-state index contributed by atoms with van der Waals surface area (Å²) in [6.45, 7) is 1.81. The first-order chi connectivity index (χ1) is 9.42. The lowest BCUT2D eigenvalue weighted by Gasteiger charge is -2.11. The van der Waals surface area contributed by atoms with Gasteiger partial charge in [0, 0.05) is 6.07 Å². The molecule has 0 aliphatic rings. The number of methoxy groups -OCH3 is 1. The van der Waals surface area contributed by atoms with Crippen LogP contribution in [0, 0.1) is 6.92 Å². The summed E-state index contributed by atoms with van der Waals surface area (Å²) in [7, 11) is -2.29. The van der Waals surface area contributed by atoms with Crippen molar-refractivity contribution in [1.29, 1.82) is 0 Å². The number of benzene rings is 2.